The summed E-state index contributed by atoms with van der Waals surface area (Å²) >= 11 is 3.43. The highest BCUT2D eigenvalue weighted by atomic mass is 79.9. The molecule has 0 saturated carbocycles. The van der Waals surface area contributed by atoms with Gasteiger partial charge in [-0.25, -0.2) is 0 Å². The molecule has 2 aromatic carbocycles. The highest BCUT2D eigenvalue weighted by molar-refractivity contribution is 9.10. The predicted molar refractivity (Wildman–Crippen MR) is 116 cm³/mol. The van der Waals surface area contributed by atoms with Crippen molar-refractivity contribution in [2.24, 2.45) is 0 Å². The Morgan fingerprint density at radius 1 is 1.07 bits per heavy atom. The Bertz CT molecular complexity index is 1270. The predicted octanol–water partition coefficient (Wildman–Crippen LogP) is 5.09. The van der Waals surface area contributed by atoms with Gasteiger partial charge >= 0.3 is 0 Å². The third kappa shape index (κ3) is 3.58. The van der Waals surface area contributed by atoms with Crippen LogP contribution in [0.5, 0.6) is 17.2 Å². The second kappa shape index (κ2) is 7.93. The number of halogens is 1. The molecule has 0 fully saturated rings. The van der Waals surface area contributed by atoms with Gasteiger partial charge in [-0.1, -0.05) is 18.2 Å². The number of rotatable bonds is 4. The third-order valence-electron chi connectivity index (χ3n) is 4.92. The number of pyridine rings is 1. The first-order valence-electron chi connectivity index (χ1n) is 9.44. The first-order valence-corrected chi connectivity index (χ1v) is 10.2. The molecule has 30 heavy (non-hydrogen) atoms. The molecule has 0 N–H and O–H groups in total. The van der Waals surface area contributed by atoms with Crippen LogP contribution in [0.15, 0.2) is 80.7 Å². The first-order chi connectivity index (χ1) is 14.7. The van der Waals surface area contributed by atoms with Gasteiger partial charge in [0.2, 0.25) is 11.2 Å². The normalized spacial score (nSPS) is 13.6. The SMILES string of the molecule is O=c1c(Oc2ccccc2Br)coc2c3c(ccc12)OCN(Cc1ccccn1)C3. The zero-order chi connectivity index (χ0) is 20.5. The third-order valence-corrected chi connectivity index (χ3v) is 5.58. The van der Waals surface area contributed by atoms with E-state index in [1.807, 2.05) is 42.5 Å². The fourth-order valence-electron chi connectivity index (χ4n) is 3.48. The lowest BCUT2D eigenvalue weighted by Crippen LogP contribution is -2.32. The molecule has 0 amide bonds. The monoisotopic (exact) mass is 464 g/mol. The molecule has 0 bridgehead atoms. The molecule has 3 heterocycles. The molecule has 0 atom stereocenters. The lowest BCUT2D eigenvalue weighted by molar-refractivity contribution is 0.0878. The summed E-state index contributed by atoms with van der Waals surface area (Å²) in [4.78, 5) is 19.5. The van der Waals surface area contributed by atoms with Gasteiger partial charge in [-0.3, -0.25) is 14.7 Å². The van der Waals surface area contributed by atoms with E-state index in [1.165, 1.54) is 6.26 Å². The quantitative estimate of drug-likeness (QED) is 0.418. The molecule has 2 aromatic heterocycles. The first kappa shape index (κ1) is 18.8. The Kier molecular flexibility index (Phi) is 4.98. The highest BCUT2D eigenvalue weighted by Gasteiger charge is 2.23. The molecular formula is C23H17BrN2O4. The Morgan fingerprint density at radius 3 is 2.77 bits per heavy atom. The fourth-order valence-corrected chi connectivity index (χ4v) is 3.84. The average molecular weight is 465 g/mol. The van der Waals surface area contributed by atoms with E-state index in [2.05, 4.69) is 25.8 Å². The summed E-state index contributed by atoms with van der Waals surface area (Å²) < 4.78 is 18.3. The summed E-state index contributed by atoms with van der Waals surface area (Å²) in [6, 6.07) is 16.7. The zero-order valence-corrected chi connectivity index (χ0v) is 17.5. The van der Waals surface area contributed by atoms with Crippen molar-refractivity contribution < 1.29 is 13.9 Å². The number of nitrogens with zero attached hydrogens (tertiary/aromatic N) is 2. The van der Waals surface area contributed by atoms with Gasteiger partial charge in [0.1, 0.15) is 30.1 Å². The summed E-state index contributed by atoms with van der Waals surface area (Å²) in [5.74, 6) is 1.41. The average Bonchev–Trinajstić information content (AvgIpc) is 2.77. The molecule has 0 radical (unpaired) electrons. The number of ether oxygens (including phenoxy) is 2. The van der Waals surface area contributed by atoms with E-state index in [1.54, 1.807) is 18.3 Å². The van der Waals surface area contributed by atoms with Gasteiger partial charge in [0.05, 0.1) is 21.1 Å². The Balaban J connectivity index is 1.48. The van der Waals surface area contributed by atoms with Gasteiger partial charge < -0.3 is 13.9 Å². The van der Waals surface area contributed by atoms with E-state index in [9.17, 15) is 4.79 Å². The Morgan fingerprint density at radius 2 is 1.93 bits per heavy atom. The smallest absolute Gasteiger partial charge is 0.235 e. The Hall–Kier alpha value is -3.16. The summed E-state index contributed by atoms with van der Waals surface area (Å²) in [6.07, 6.45) is 3.14. The maximum Gasteiger partial charge on any atom is 0.235 e. The van der Waals surface area contributed by atoms with Crippen LogP contribution < -0.4 is 14.9 Å². The van der Waals surface area contributed by atoms with Crippen molar-refractivity contribution in [1.29, 1.82) is 0 Å². The lowest BCUT2D eigenvalue weighted by Gasteiger charge is -2.28. The molecule has 0 aliphatic carbocycles. The maximum absolute atomic E-state index is 13.0. The van der Waals surface area contributed by atoms with E-state index < -0.39 is 0 Å². The summed E-state index contributed by atoms with van der Waals surface area (Å²) in [7, 11) is 0. The van der Waals surface area contributed by atoms with Crippen LogP contribution >= 0.6 is 15.9 Å². The van der Waals surface area contributed by atoms with Gasteiger partial charge in [0.25, 0.3) is 0 Å². The second-order valence-electron chi connectivity index (χ2n) is 6.96. The highest BCUT2D eigenvalue weighted by Crippen LogP contribution is 2.34. The van der Waals surface area contributed by atoms with Gasteiger partial charge in [-0.05, 0) is 52.3 Å². The molecular weight excluding hydrogens is 448 g/mol. The van der Waals surface area contributed by atoms with E-state index >= 15 is 0 Å². The van der Waals surface area contributed by atoms with E-state index in [0.717, 1.165) is 21.5 Å². The zero-order valence-electron chi connectivity index (χ0n) is 15.9. The van der Waals surface area contributed by atoms with Crippen LogP contribution in [0.25, 0.3) is 11.0 Å². The summed E-state index contributed by atoms with van der Waals surface area (Å²) in [5, 5.41) is 0.460. The minimum absolute atomic E-state index is 0.136. The lowest BCUT2D eigenvalue weighted by atomic mass is 10.1. The molecule has 5 rings (SSSR count). The Labute approximate surface area is 180 Å². The molecule has 7 heteroatoms. The molecule has 0 saturated heterocycles. The number of benzene rings is 2. The van der Waals surface area contributed by atoms with Crippen LogP contribution in [0, 0.1) is 0 Å². The minimum atomic E-state index is -0.225. The van der Waals surface area contributed by atoms with E-state index in [4.69, 9.17) is 13.9 Å². The number of hydrogen-bond donors (Lipinski definition) is 0. The van der Waals surface area contributed by atoms with Crippen molar-refractivity contribution >= 4 is 26.9 Å². The number of fused-ring (bicyclic) bond motifs is 3. The number of aromatic nitrogens is 1. The molecule has 6 nitrogen and oxygen atoms in total. The largest absolute Gasteiger partial charge is 0.478 e. The molecule has 150 valence electrons. The standard InChI is InChI=1S/C23H17BrN2O4/c24-18-6-1-2-7-20(18)30-21-13-28-23-16(22(21)27)8-9-19-17(23)12-26(14-29-19)11-15-5-3-4-10-25-15/h1-10,13H,11-12,14H2. The maximum atomic E-state index is 13.0. The van der Waals surface area contributed by atoms with Crippen molar-refractivity contribution in [1.82, 2.24) is 9.88 Å². The van der Waals surface area contributed by atoms with E-state index in [0.29, 0.717) is 36.5 Å². The van der Waals surface area contributed by atoms with Crippen LogP contribution in [0.1, 0.15) is 11.3 Å². The van der Waals surface area contributed by atoms with Gasteiger partial charge in [0.15, 0.2) is 0 Å². The van der Waals surface area contributed by atoms with Crippen LogP contribution in [0.3, 0.4) is 0 Å². The van der Waals surface area contributed by atoms with Gasteiger partial charge in [-0.15, -0.1) is 0 Å². The molecule has 1 aliphatic rings. The van der Waals surface area contributed by atoms with Crippen LogP contribution in [-0.4, -0.2) is 16.6 Å². The number of para-hydroxylation sites is 1. The number of hydrogen-bond acceptors (Lipinski definition) is 6. The second-order valence-corrected chi connectivity index (χ2v) is 7.82. The summed E-state index contributed by atoms with van der Waals surface area (Å²) in [6.45, 7) is 1.68. The molecule has 0 spiro atoms. The van der Waals surface area contributed by atoms with Crippen LogP contribution in [0.4, 0.5) is 0 Å². The van der Waals surface area contributed by atoms with Crippen molar-refractivity contribution in [3.05, 3.63) is 93.0 Å². The van der Waals surface area contributed by atoms with Crippen molar-refractivity contribution in [3.63, 3.8) is 0 Å². The van der Waals surface area contributed by atoms with Gasteiger partial charge in [-0.2, -0.15) is 0 Å². The minimum Gasteiger partial charge on any atom is -0.478 e. The van der Waals surface area contributed by atoms with E-state index in [-0.39, 0.29) is 11.2 Å². The van der Waals surface area contributed by atoms with Crippen molar-refractivity contribution in [3.8, 4) is 17.2 Å². The molecule has 1 aliphatic heterocycles. The fraction of sp³-hybridized carbons (Fsp3) is 0.130. The molecule has 0 unspecified atom stereocenters. The van der Waals surface area contributed by atoms with Crippen molar-refractivity contribution in [2.45, 2.75) is 13.1 Å². The van der Waals surface area contributed by atoms with Gasteiger partial charge in [0, 0.05) is 19.3 Å². The van der Waals surface area contributed by atoms with Crippen molar-refractivity contribution in [2.75, 3.05) is 6.73 Å². The van der Waals surface area contributed by atoms with Crippen LogP contribution in [-0.2, 0) is 13.1 Å². The topological polar surface area (TPSA) is 64.8 Å². The summed E-state index contributed by atoms with van der Waals surface area (Å²) in [5.41, 5.74) is 2.09. The van der Waals surface area contributed by atoms with Crippen LogP contribution in [0.2, 0.25) is 0 Å². The molecule has 4 aromatic rings.